The van der Waals surface area contributed by atoms with Gasteiger partial charge in [-0.3, -0.25) is 4.79 Å². The molecule has 0 aliphatic heterocycles. The molecule has 0 aliphatic rings. The summed E-state index contributed by atoms with van der Waals surface area (Å²) in [4.78, 5) is 11.2. The second kappa shape index (κ2) is 7.48. The SMILES string of the molecule is CC(C)NC(=O)CCNS(=O)(=O)c1cccc(F)c1CN. The van der Waals surface area contributed by atoms with Crippen molar-refractivity contribution in [3.05, 3.63) is 29.6 Å². The number of carbonyl (C=O) groups is 1. The molecule has 0 aliphatic carbocycles. The molecular formula is C13H20FN3O3S. The molecule has 0 bridgehead atoms. The Morgan fingerprint density at radius 2 is 2.05 bits per heavy atom. The summed E-state index contributed by atoms with van der Waals surface area (Å²) in [6, 6.07) is 3.72. The number of rotatable bonds is 7. The molecule has 0 radical (unpaired) electrons. The number of amides is 1. The van der Waals surface area contributed by atoms with Crippen molar-refractivity contribution in [3.8, 4) is 0 Å². The van der Waals surface area contributed by atoms with Crippen LogP contribution in [0.1, 0.15) is 25.8 Å². The van der Waals surface area contributed by atoms with E-state index < -0.39 is 15.8 Å². The molecule has 1 rings (SSSR count). The first-order valence-electron chi connectivity index (χ1n) is 6.54. The smallest absolute Gasteiger partial charge is 0.241 e. The summed E-state index contributed by atoms with van der Waals surface area (Å²) in [7, 11) is -3.90. The number of nitrogens with two attached hydrogens (primary N) is 1. The van der Waals surface area contributed by atoms with Crippen LogP contribution in [-0.2, 0) is 21.4 Å². The van der Waals surface area contributed by atoms with Crippen molar-refractivity contribution in [2.24, 2.45) is 5.73 Å². The summed E-state index contributed by atoms with van der Waals surface area (Å²) in [5, 5.41) is 2.65. The fraction of sp³-hybridized carbons (Fsp3) is 0.462. The van der Waals surface area contributed by atoms with Crippen molar-refractivity contribution < 1.29 is 17.6 Å². The number of halogens is 1. The molecule has 118 valence electrons. The van der Waals surface area contributed by atoms with Gasteiger partial charge in [0.05, 0.1) is 4.90 Å². The summed E-state index contributed by atoms with van der Waals surface area (Å²) in [5.41, 5.74) is 5.31. The van der Waals surface area contributed by atoms with E-state index in [4.69, 9.17) is 5.73 Å². The van der Waals surface area contributed by atoms with E-state index in [0.29, 0.717) is 0 Å². The lowest BCUT2D eigenvalue weighted by atomic mass is 10.2. The highest BCUT2D eigenvalue weighted by Crippen LogP contribution is 2.18. The largest absolute Gasteiger partial charge is 0.354 e. The molecule has 6 nitrogen and oxygen atoms in total. The lowest BCUT2D eigenvalue weighted by molar-refractivity contribution is -0.121. The van der Waals surface area contributed by atoms with Crippen LogP contribution in [0.2, 0.25) is 0 Å². The molecule has 0 heterocycles. The Morgan fingerprint density at radius 1 is 1.38 bits per heavy atom. The van der Waals surface area contributed by atoms with Crippen LogP contribution >= 0.6 is 0 Å². The summed E-state index contributed by atoms with van der Waals surface area (Å²) < 4.78 is 40.0. The Hall–Kier alpha value is -1.51. The van der Waals surface area contributed by atoms with E-state index in [-0.39, 0.29) is 41.9 Å². The molecule has 4 N–H and O–H groups in total. The van der Waals surface area contributed by atoms with Crippen molar-refractivity contribution in [1.29, 1.82) is 0 Å². The van der Waals surface area contributed by atoms with Crippen LogP contribution in [0, 0.1) is 5.82 Å². The van der Waals surface area contributed by atoms with Gasteiger partial charge in [0.15, 0.2) is 0 Å². The zero-order chi connectivity index (χ0) is 16.0. The first-order valence-corrected chi connectivity index (χ1v) is 8.02. The van der Waals surface area contributed by atoms with Crippen LogP contribution < -0.4 is 15.8 Å². The molecule has 1 aromatic rings. The molecular weight excluding hydrogens is 297 g/mol. The van der Waals surface area contributed by atoms with Crippen molar-refractivity contribution in [2.75, 3.05) is 6.54 Å². The van der Waals surface area contributed by atoms with Crippen LogP contribution in [0.5, 0.6) is 0 Å². The second-order valence-corrected chi connectivity index (χ2v) is 6.53. The maximum atomic E-state index is 13.5. The van der Waals surface area contributed by atoms with Gasteiger partial charge in [-0.15, -0.1) is 0 Å². The van der Waals surface area contributed by atoms with Gasteiger partial charge < -0.3 is 11.1 Å². The fourth-order valence-corrected chi connectivity index (χ4v) is 3.05. The average molecular weight is 317 g/mol. The Bertz CT molecular complexity index is 603. The lowest BCUT2D eigenvalue weighted by Crippen LogP contribution is -2.34. The van der Waals surface area contributed by atoms with E-state index in [1.54, 1.807) is 0 Å². The number of nitrogens with one attached hydrogen (secondary N) is 2. The average Bonchev–Trinajstić information content (AvgIpc) is 2.37. The van der Waals surface area contributed by atoms with Crippen LogP contribution in [-0.4, -0.2) is 26.9 Å². The fourth-order valence-electron chi connectivity index (χ4n) is 1.76. The molecule has 0 spiro atoms. The first kappa shape index (κ1) is 17.5. The first-order chi connectivity index (χ1) is 9.77. The predicted octanol–water partition coefficient (Wildman–Crippen LogP) is 0.477. The quantitative estimate of drug-likeness (QED) is 0.680. The third-order valence-corrected chi connectivity index (χ3v) is 4.21. The topological polar surface area (TPSA) is 101 Å². The molecule has 21 heavy (non-hydrogen) atoms. The molecule has 0 saturated heterocycles. The zero-order valence-corrected chi connectivity index (χ0v) is 12.8. The van der Waals surface area contributed by atoms with Gasteiger partial charge in [0.1, 0.15) is 5.82 Å². The third-order valence-electron chi connectivity index (χ3n) is 2.66. The van der Waals surface area contributed by atoms with Gasteiger partial charge in [-0.1, -0.05) is 6.07 Å². The van der Waals surface area contributed by atoms with Gasteiger partial charge >= 0.3 is 0 Å². The van der Waals surface area contributed by atoms with Crippen LogP contribution in [0.4, 0.5) is 4.39 Å². The molecule has 8 heteroatoms. The van der Waals surface area contributed by atoms with E-state index in [0.717, 1.165) is 6.07 Å². The number of hydrogen-bond acceptors (Lipinski definition) is 4. The van der Waals surface area contributed by atoms with Crippen molar-refractivity contribution in [2.45, 2.75) is 37.8 Å². The third kappa shape index (κ3) is 5.07. The number of hydrogen-bond donors (Lipinski definition) is 3. The van der Waals surface area contributed by atoms with E-state index >= 15 is 0 Å². The van der Waals surface area contributed by atoms with Crippen molar-refractivity contribution in [3.63, 3.8) is 0 Å². The molecule has 0 saturated carbocycles. The standard InChI is InChI=1S/C13H20FN3O3S/c1-9(2)17-13(18)6-7-16-21(19,20)12-5-3-4-11(14)10(12)8-15/h3-5,9,16H,6-8,15H2,1-2H3,(H,17,18). The highest BCUT2D eigenvalue weighted by Gasteiger charge is 2.20. The number of carbonyl (C=O) groups excluding carboxylic acids is 1. The number of benzene rings is 1. The number of sulfonamides is 1. The van der Waals surface area contributed by atoms with Crippen molar-refractivity contribution in [1.82, 2.24) is 10.0 Å². The highest BCUT2D eigenvalue weighted by atomic mass is 32.2. The van der Waals surface area contributed by atoms with Gasteiger partial charge in [0, 0.05) is 31.1 Å². The minimum absolute atomic E-state index is 0.00465. The van der Waals surface area contributed by atoms with Gasteiger partial charge in [-0.2, -0.15) is 0 Å². The van der Waals surface area contributed by atoms with E-state index in [2.05, 4.69) is 10.0 Å². The lowest BCUT2D eigenvalue weighted by Gasteiger charge is -2.12. The summed E-state index contributed by atoms with van der Waals surface area (Å²) in [6.45, 7) is 3.32. The van der Waals surface area contributed by atoms with Gasteiger partial charge in [-0.25, -0.2) is 17.5 Å². The molecule has 0 fully saturated rings. The van der Waals surface area contributed by atoms with Crippen molar-refractivity contribution >= 4 is 15.9 Å². The van der Waals surface area contributed by atoms with Gasteiger partial charge in [0.2, 0.25) is 15.9 Å². The summed E-state index contributed by atoms with van der Waals surface area (Å²) in [6.07, 6.45) is 0.00465. The Kier molecular flexibility index (Phi) is 6.25. The minimum Gasteiger partial charge on any atom is -0.354 e. The molecule has 0 atom stereocenters. The van der Waals surface area contributed by atoms with Crippen LogP contribution in [0.15, 0.2) is 23.1 Å². The highest BCUT2D eigenvalue weighted by molar-refractivity contribution is 7.89. The Labute approximate surface area is 124 Å². The molecule has 0 unspecified atom stereocenters. The van der Waals surface area contributed by atoms with E-state index in [9.17, 15) is 17.6 Å². The molecule has 1 aromatic carbocycles. The Morgan fingerprint density at radius 3 is 2.62 bits per heavy atom. The summed E-state index contributed by atoms with van der Waals surface area (Å²) >= 11 is 0. The van der Waals surface area contributed by atoms with E-state index in [1.165, 1.54) is 12.1 Å². The maximum Gasteiger partial charge on any atom is 0.241 e. The zero-order valence-electron chi connectivity index (χ0n) is 12.0. The maximum absolute atomic E-state index is 13.5. The normalized spacial score (nSPS) is 11.7. The van der Waals surface area contributed by atoms with Gasteiger partial charge in [0.25, 0.3) is 0 Å². The molecule has 1 amide bonds. The van der Waals surface area contributed by atoms with E-state index in [1.807, 2.05) is 13.8 Å². The summed E-state index contributed by atoms with van der Waals surface area (Å²) in [5.74, 6) is -0.927. The monoisotopic (exact) mass is 317 g/mol. The van der Waals surface area contributed by atoms with Crippen LogP contribution in [0.3, 0.4) is 0 Å². The minimum atomic E-state index is -3.90. The van der Waals surface area contributed by atoms with Crippen LogP contribution in [0.25, 0.3) is 0 Å². The van der Waals surface area contributed by atoms with Gasteiger partial charge in [-0.05, 0) is 26.0 Å². The molecule has 0 aromatic heterocycles. The second-order valence-electron chi connectivity index (χ2n) is 4.79. The Balaban J connectivity index is 2.75. The predicted molar refractivity (Wildman–Crippen MR) is 77.4 cm³/mol.